The zero-order valence-electron chi connectivity index (χ0n) is 24.6. The van der Waals surface area contributed by atoms with Gasteiger partial charge in [0.15, 0.2) is 10.8 Å². The number of hydrogen-bond acceptors (Lipinski definition) is 12. The molecule has 1 unspecified atom stereocenters. The van der Waals surface area contributed by atoms with Crippen molar-refractivity contribution in [3.8, 4) is 0 Å². The maximum atomic E-state index is 13.4. The zero-order chi connectivity index (χ0) is 34.6. The first kappa shape index (κ1) is 34.0. The highest BCUT2D eigenvalue weighted by atomic mass is 32.2. The molecule has 2 aromatic carbocycles. The van der Waals surface area contributed by atoms with Gasteiger partial charge in [0, 0.05) is 23.3 Å². The predicted molar refractivity (Wildman–Crippen MR) is 165 cm³/mol. The Morgan fingerprint density at radius 2 is 1.77 bits per heavy atom. The van der Waals surface area contributed by atoms with Crippen LogP contribution in [0, 0.1) is 17.0 Å². The van der Waals surface area contributed by atoms with Gasteiger partial charge in [0.1, 0.15) is 36.0 Å². The summed E-state index contributed by atoms with van der Waals surface area (Å²) in [6.45, 7) is 1.60. The Hall–Kier alpha value is -5.30. The van der Waals surface area contributed by atoms with Crippen molar-refractivity contribution in [2.45, 2.75) is 37.7 Å². The molecule has 1 aromatic heterocycles. The van der Waals surface area contributed by atoms with Crippen LogP contribution in [0.15, 0.2) is 70.8 Å². The van der Waals surface area contributed by atoms with Gasteiger partial charge in [0.05, 0.1) is 4.92 Å². The Bertz CT molecular complexity index is 1810. The summed E-state index contributed by atoms with van der Waals surface area (Å²) in [4.78, 5) is 71.5. The molecule has 48 heavy (non-hydrogen) atoms. The standard InChI is InChI=1S/C29H23F3N6O8S2/c1-15-2-4-17(5-3-15)13-46-36-21(19-14-48-28(33-19)35-27(42)29(30,31)32)23(39)34-22-24(40)37-20(10-11-47-25(22)37)26(41)45-12-16-6-8-18(9-7-16)38(43)44/h2-10,14,22,25H,11-13H2,1H3,(H,34,39)(H,33,35,42)/t22?,25-/m1/s1. The largest absolute Gasteiger partial charge is 0.471 e. The molecule has 250 valence electrons. The molecule has 0 bridgehead atoms. The predicted octanol–water partition coefficient (Wildman–Crippen LogP) is 3.81. The molecule has 19 heteroatoms. The minimum Gasteiger partial charge on any atom is -0.456 e. The normalized spacial score (nSPS) is 17.4. The maximum absolute atomic E-state index is 13.4. The average molecular weight is 705 g/mol. The van der Waals surface area contributed by atoms with Crippen LogP contribution in [0.4, 0.5) is 24.0 Å². The lowest BCUT2D eigenvalue weighted by atomic mass is 10.0. The molecular formula is C29H23F3N6O8S2. The fraction of sp³-hybridized carbons (Fsp3) is 0.241. The van der Waals surface area contributed by atoms with Crippen LogP contribution in [-0.4, -0.2) is 67.6 Å². The van der Waals surface area contributed by atoms with Crippen molar-refractivity contribution in [3.05, 3.63) is 98.2 Å². The fourth-order valence-electron chi connectivity index (χ4n) is 4.34. The number of oxime groups is 1. The summed E-state index contributed by atoms with van der Waals surface area (Å²) in [6.07, 6.45) is -3.68. The number of carbonyl (C=O) groups is 4. The molecule has 3 heterocycles. The highest BCUT2D eigenvalue weighted by Gasteiger charge is 2.53. The number of benzene rings is 2. The van der Waals surface area contributed by atoms with E-state index in [9.17, 15) is 42.5 Å². The number of aromatic nitrogens is 1. The van der Waals surface area contributed by atoms with Gasteiger partial charge < -0.3 is 14.9 Å². The van der Waals surface area contributed by atoms with E-state index in [0.717, 1.165) is 10.5 Å². The first-order chi connectivity index (χ1) is 22.8. The molecule has 1 saturated heterocycles. The number of nitro groups is 1. The van der Waals surface area contributed by atoms with E-state index < -0.39 is 57.0 Å². The Kier molecular flexibility index (Phi) is 10.1. The SMILES string of the molecule is Cc1ccc(CON=C(C(=O)NC2C(=O)N3C(C(=O)OCc4ccc([N+](=O)[O-])cc4)=CCS[C@H]23)c2csc(NC(=O)C(F)(F)F)n2)cc1. The molecule has 3 amide bonds. The van der Waals surface area contributed by atoms with Crippen molar-refractivity contribution in [1.29, 1.82) is 0 Å². The number of hydrogen-bond donors (Lipinski definition) is 2. The average Bonchev–Trinajstić information content (AvgIpc) is 3.52. The minimum atomic E-state index is -5.17. The van der Waals surface area contributed by atoms with Gasteiger partial charge in [-0.15, -0.1) is 23.1 Å². The first-order valence-electron chi connectivity index (χ1n) is 13.8. The van der Waals surface area contributed by atoms with Gasteiger partial charge in [-0.2, -0.15) is 13.2 Å². The second-order valence-electron chi connectivity index (χ2n) is 10.2. The van der Waals surface area contributed by atoms with Crippen molar-refractivity contribution in [2.24, 2.45) is 5.16 Å². The van der Waals surface area contributed by atoms with Crippen LogP contribution in [0.2, 0.25) is 0 Å². The monoisotopic (exact) mass is 704 g/mol. The second-order valence-corrected chi connectivity index (χ2v) is 12.2. The molecule has 3 aromatic rings. The summed E-state index contributed by atoms with van der Waals surface area (Å²) in [7, 11) is 0. The summed E-state index contributed by atoms with van der Waals surface area (Å²) in [5, 5.41) is 18.9. The fourth-order valence-corrected chi connectivity index (χ4v) is 6.23. The number of fused-ring (bicyclic) bond motifs is 1. The van der Waals surface area contributed by atoms with Crippen molar-refractivity contribution in [2.75, 3.05) is 11.1 Å². The molecule has 0 aliphatic carbocycles. The van der Waals surface area contributed by atoms with Crippen LogP contribution in [0.3, 0.4) is 0 Å². The van der Waals surface area contributed by atoms with Gasteiger partial charge in [-0.05, 0) is 36.3 Å². The summed E-state index contributed by atoms with van der Waals surface area (Å²) in [5.74, 6) is -4.38. The van der Waals surface area contributed by atoms with Gasteiger partial charge in [-0.25, -0.2) is 9.78 Å². The molecular weight excluding hydrogens is 681 g/mol. The number of esters is 1. The van der Waals surface area contributed by atoms with E-state index in [0.29, 0.717) is 22.5 Å². The van der Waals surface area contributed by atoms with Crippen molar-refractivity contribution in [1.82, 2.24) is 15.2 Å². The lowest BCUT2D eigenvalue weighted by molar-refractivity contribution is -0.384. The second kappa shape index (κ2) is 14.2. The number of β-lactam (4-membered cyclic amide) rings is 1. The van der Waals surface area contributed by atoms with E-state index in [1.165, 1.54) is 47.5 Å². The number of rotatable bonds is 11. The van der Waals surface area contributed by atoms with Crippen molar-refractivity contribution >= 4 is 63.3 Å². The molecule has 2 atom stereocenters. The van der Waals surface area contributed by atoms with Crippen LogP contribution in [0.5, 0.6) is 0 Å². The summed E-state index contributed by atoms with van der Waals surface area (Å²) >= 11 is 1.86. The first-order valence-corrected chi connectivity index (χ1v) is 15.7. The number of thioether (sulfide) groups is 1. The quantitative estimate of drug-likeness (QED) is 0.0979. The van der Waals surface area contributed by atoms with Gasteiger partial charge in [0.2, 0.25) is 0 Å². The number of nitrogens with one attached hydrogen (secondary N) is 2. The maximum Gasteiger partial charge on any atom is 0.471 e. The molecule has 5 rings (SSSR count). The Balaban J connectivity index is 1.26. The number of nitro benzene ring substituents is 1. The highest BCUT2D eigenvalue weighted by Crippen LogP contribution is 2.38. The Labute approximate surface area is 277 Å². The number of carbonyl (C=O) groups excluding carboxylic acids is 4. The number of aryl methyl sites for hydroxylation is 1. The molecule has 0 saturated carbocycles. The van der Waals surface area contributed by atoms with Gasteiger partial charge in [-0.3, -0.25) is 34.7 Å². The third-order valence-electron chi connectivity index (χ3n) is 6.81. The van der Waals surface area contributed by atoms with E-state index in [4.69, 9.17) is 9.57 Å². The van der Waals surface area contributed by atoms with E-state index in [1.807, 2.05) is 19.1 Å². The lowest BCUT2D eigenvalue weighted by Gasteiger charge is -2.48. The molecule has 1 fully saturated rings. The third-order valence-corrected chi connectivity index (χ3v) is 8.75. The minimum absolute atomic E-state index is 0.0453. The molecule has 14 nitrogen and oxygen atoms in total. The van der Waals surface area contributed by atoms with E-state index in [2.05, 4.69) is 15.5 Å². The van der Waals surface area contributed by atoms with E-state index in [-0.39, 0.29) is 36.0 Å². The number of amides is 3. The van der Waals surface area contributed by atoms with Crippen molar-refractivity contribution in [3.63, 3.8) is 0 Å². The van der Waals surface area contributed by atoms with Crippen LogP contribution in [0.25, 0.3) is 0 Å². The third kappa shape index (κ3) is 7.80. The van der Waals surface area contributed by atoms with Gasteiger partial charge >= 0.3 is 18.1 Å². The number of nitrogens with zero attached hydrogens (tertiary/aromatic N) is 4. The summed E-state index contributed by atoms with van der Waals surface area (Å²) in [6, 6.07) is 11.4. The number of anilines is 1. The summed E-state index contributed by atoms with van der Waals surface area (Å²) < 4.78 is 43.5. The Morgan fingerprint density at radius 3 is 2.44 bits per heavy atom. The Morgan fingerprint density at radius 1 is 1.10 bits per heavy atom. The van der Waals surface area contributed by atoms with Crippen LogP contribution in [-0.2, 0) is 42.0 Å². The lowest BCUT2D eigenvalue weighted by Crippen LogP contribution is -2.70. The molecule has 2 aliphatic rings. The molecule has 0 spiro atoms. The number of ether oxygens (including phenoxy) is 1. The van der Waals surface area contributed by atoms with Gasteiger partial charge in [-0.1, -0.05) is 35.0 Å². The smallest absolute Gasteiger partial charge is 0.456 e. The topological polar surface area (TPSA) is 182 Å². The summed E-state index contributed by atoms with van der Waals surface area (Å²) in [5.41, 5.74) is 1.29. The molecule has 2 N–H and O–H groups in total. The zero-order valence-corrected chi connectivity index (χ0v) is 26.2. The van der Waals surface area contributed by atoms with Crippen LogP contribution >= 0.6 is 23.1 Å². The van der Waals surface area contributed by atoms with Gasteiger partial charge in [0.25, 0.3) is 17.5 Å². The number of non-ortho nitro benzene ring substituents is 1. The van der Waals surface area contributed by atoms with Crippen LogP contribution in [0.1, 0.15) is 22.4 Å². The van der Waals surface area contributed by atoms with E-state index >= 15 is 0 Å². The van der Waals surface area contributed by atoms with E-state index in [1.54, 1.807) is 17.4 Å². The number of thiazole rings is 1. The molecule has 0 radical (unpaired) electrons. The van der Waals surface area contributed by atoms with Crippen molar-refractivity contribution < 1.29 is 46.8 Å². The highest BCUT2D eigenvalue weighted by molar-refractivity contribution is 8.00. The van der Waals surface area contributed by atoms with Crippen LogP contribution < -0.4 is 10.6 Å². The molecule has 2 aliphatic heterocycles. The number of alkyl halides is 3. The number of halogens is 3.